The molecule has 1 aromatic heterocycles. The van der Waals surface area contributed by atoms with Gasteiger partial charge in [0.1, 0.15) is 5.82 Å². The largest absolute Gasteiger partial charge is 0.307 e. The van der Waals surface area contributed by atoms with Crippen LogP contribution >= 0.6 is 15.9 Å². The number of carbonyl (C=O) groups is 1. The van der Waals surface area contributed by atoms with Gasteiger partial charge in [-0.3, -0.25) is 4.79 Å². The van der Waals surface area contributed by atoms with Gasteiger partial charge in [0.25, 0.3) is 5.91 Å². The Kier molecular flexibility index (Phi) is 5.21. The Bertz CT molecular complexity index is 929. The predicted octanol–water partition coefficient (Wildman–Crippen LogP) is 2.88. The molecule has 0 unspecified atom stereocenters. The molecule has 1 heterocycles. The second-order valence-corrected chi connectivity index (χ2v) is 8.55. The third-order valence-corrected chi connectivity index (χ3v) is 6.28. The number of aryl methyl sites for hydroxylation is 2. The number of halogens is 1. The Morgan fingerprint density at radius 2 is 1.92 bits per heavy atom. The summed E-state index contributed by atoms with van der Waals surface area (Å²) in [6.45, 7) is 0. The number of sulfonamides is 1. The van der Waals surface area contributed by atoms with E-state index in [1.807, 2.05) is 6.07 Å². The summed E-state index contributed by atoms with van der Waals surface area (Å²) in [5.41, 5.74) is 2.48. The monoisotopic (exact) mass is 423 g/mol. The van der Waals surface area contributed by atoms with Crippen molar-refractivity contribution in [3.63, 3.8) is 0 Å². The minimum absolute atomic E-state index is 0.0294. The summed E-state index contributed by atoms with van der Waals surface area (Å²) in [6.07, 6.45) is 4.21. The summed E-state index contributed by atoms with van der Waals surface area (Å²) >= 11 is 3.30. The molecule has 0 bridgehead atoms. The molecule has 0 saturated heterocycles. The van der Waals surface area contributed by atoms with Crippen LogP contribution in [0.4, 0.5) is 5.82 Å². The van der Waals surface area contributed by atoms with Crippen molar-refractivity contribution in [3.05, 3.63) is 51.6 Å². The van der Waals surface area contributed by atoms with Crippen LogP contribution in [0.1, 0.15) is 34.5 Å². The van der Waals surface area contributed by atoms with E-state index in [1.54, 1.807) is 12.1 Å². The summed E-state index contributed by atoms with van der Waals surface area (Å²) in [6, 6.07) is 8.09. The van der Waals surface area contributed by atoms with Gasteiger partial charge in [-0.2, -0.15) is 0 Å². The molecule has 0 aliphatic heterocycles. The fraction of sp³-hybridized carbons (Fsp3) is 0.294. The molecule has 0 fully saturated rings. The number of nitrogens with one attached hydrogen (secondary N) is 2. The summed E-state index contributed by atoms with van der Waals surface area (Å²) in [5, 5.41) is 2.75. The molecule has 0 radical (unpaired) electrons. The molecule has 2 N–H and O–H groups in total. The zero-order chi connectivity index (χ0) is 18.0. The first-order valence-corrected chi connectivity index (χ1v) is 10.2. The Morgan fingerprint density at radius 1 is 1.16 bits per heavy atom. The number of nitrogens with zero attached hydrogens (tertiary/aromatic N) is 1. The molecule has 1 amide bonds. The quantitative estimate of drug-likeness (QED) is 0.790. The van der Waals surface area contributed by atoms with Crippen molar-refractivity contribution in [2.24, 2.45) is 0 Å². The number of carbonyl (C=O) groups excluding carboxylic acids is 1. The molecule has 0 saturated carbocycles. The molecule has 2 aromatic rings. The maximum Gasteiger partial charge on any atom is 0.258 e. The van der Waals surface area contributed by atoms with E-state index < -0.39 is 15.9 Å². The molecular weight excluding hydrogens is 406 g/mol. The number of amides is 1. The van der Waals surface area contributed by atoms with Crippen LogP contribution in [-0.2, 0) is 22.9 Å². The lowest BCUT2D eigenvalue weighted by Crippen LogP contribution is -2.20. The smallest absolute Gasteiger partial charge is 0.258 e. The molecule has 1 aliphatic carbocycles. The number of hydrogen-bond acceptors (Lipinski definition) is 4. The molecule has 3 rings (SSSR count). The average Bonchev–Trinajstić information content (AvgIpc) is 2.61. The highest BCUT2D eigenvalue weighted by atomic mass is 79.9. The van der Waals surface area contributed by atoms with Gasteiger partial charge in [-0.1, -0.05) is 6.07 Å². The second kappa shape index (κ2) is 7.23. The molecule has 132 valence electrons. The Hall–Kier alpha value is -1.77. The van der Waals surface area contributed by atoms with E-state index in [-0.39, 0.29) is 10.5 Å². The highest BCUT2D eigenvalue weighted by molar-refractivity contribution is 9.10. The zero-order valence-corrected chi connectivity index (χ0v) is 16.1. The van der Waals surface area contributed by atoms with E-state index in [0.29, 0.717) is 10.3 Å². The van der Waals surface area contributed by atoms with Crippen LogP contribution in [-0.4, -0.2) is 26.4 Å². The van der Waals surface area contributed by atoms with Crippen LogP contribution in [0.25, 0.3) is 0 Å². The van der Waals surface area contributed by atoms with Crippen LogP contribution in [0, 0.1) is 0 Å². The molecule has 8 heteroatoms. The Labute approximate surface area is 155 Å². The molecule has 6 nitrogen and oxygen atoms in total. The third-order valence-electron chi connectivity index (χ3n) is 4.18. The Balaban J connectivity index is 1.87. The molecule has 0 atom stereocenters. The van der Waals surface area contributed by atoms with Crippen molar-refractivity contribution in [1.82, 2.24) is 9.71 Å². The van der Waals surface area contributed by atoms with Crippen molar-refractivity contribution in [1.29, 1.82) is 0 Å². The van der Waals surface area contributed by atoms with Crippen molar-refractivity contribution >= 4 is 37.7 Å². The molecule has 1 aromatic carbocycles. The van der Waals surface area contributed by atoms with Gasteiger partial charge in [-0.15, -0.1) is 0 Å². The van der Waals surface area contributed by atoms with Gasteiger partial charge in [0.2, 0.25) is 10.0 Å². The van der Waals surface area contributed by atoms with Gasteiger partial charge in [0, 0.05) is 10.2 Å². The lowest BCUT2D eigenvalue weighted by atomic mass is 9.96. The molecule has 1 aliphatic rings. The summed E-state index contributed by atoms with van der Waals surface area (Å²) < 4.78 is 26.6. The molecule has 25 heavy (non-hydrogen) atoms. The van der Waals surface area contributed by atoms with Gasteiger partial charge in [0.15, 0.2) is 0 Å². The maximum atomic E-state index is 12.6. The fourth-order valence-corrected chi connectivity index (χ4v) is 3.98. The first-order valence-electron chi connectivity index (χ1n) is 7.94. The van der Waals surface area contributed by atoms with E-state index in [9.17, 15) is 13.2 Å². The third kappa shape index (κ3) is 3.91. The topological polar surface area (TPSA) is 88.2 Å². The minimum Gasteiger partial charge on any atom is -0.307 e. The first kappa shape index (κ1) is 18.0. The van der Waals surface area contributed by atoms with Crippen LogP contribution in [0.2, 0.25) is 0 Å². The van der Waals surface area contributed by atoms with E-state index >= 15 is 0 Å². The van der Waals surface area contributed by atoms with Crippen LogP contribution in [0.5, 0.6) is 0 Å². The zero-order valence-electron chi connectivity index (χ0n) is 13.7. The number of hydrogen-bond donors (Lipinski definition) is 2. The van der Waals surface area contributed by atoms with E-state index in [2.05, 4.69) is 31.0 Å². The van der Waals surface area contributed by atoms with Crippen molar-refractivity contribution in [2.45, 2.75) is 30.6 Å². The number of rotatable bonds is 4. The van der Waals surface area contributed by atoms with Crippen molar-refractivity contribution in [3.8, 4) is 0 Å². The number of pyridine rings is 1. The van der Waals surface area contributed by atoms with E-state index in [1.165, 1.54) is 31.2 Å². The van der Waals surface area contributed by atoms with Crippen molar-refractivity contribution < 1.29 is 13.2 Å². The second-order valence-electron chi connectivity index (χ2n) is 5.81. The maximum absolute atomic E-state index is 12.6. The lowest BCUT2D eigenvalue weighted by molar-refractivity contribution is 0.102. The van der Waals surface area contributed by atoms with E-state index in [0.717, 1.165) is 25.0 Å². The van der Waals surface area contributed by atoms with Gasteiger partial charge < -0.3 is 5.32 Å². The number of fused-ring (bicyclic) bond motifs is 1. The normalized spacial score (nSPS) is 14.0. The highest BCUT2D eigenvalue weighted by Crippen LogP contribution is 2.24. The summed E-state index contributed by atoms with van der Waals surface area (Å²) in [5.74, 6) is 0.0581. The lowest BCUT2D eigenvalue weighted by Gasteiger charge is -2.16. The van der Waals surface area contributed by atoms with Gasteiger partial charge >= 0.3 is 0 Å². The first-order chi connectivity index (χ1) is 11.9. The van der Waals surface area contributed by atoms with Gasteiger partial charge in [0.05, 0.1) is 10.5 Å². The predicted molar refractivity (Wildman–Crippen MR) is 99.2 cm³/mol. The fourth-order valence-electron chi connectivity index (χ4n) is 2.80. The van der Waals surface area contributed by atoms with Gasteiger partial charge in [-0.25, -0.2) is 18.1 Å². The minimum atomic E-state index is -3.62. The van der Waals surface area contributed by atoms with Gasteiger partial charge in [-0.05, 0) is 78.5 Å². The average molecular weight is 424 g/mol. The number of anilines is 1. The van der Waals surface area contributed by atoms with Crippen molar-refractivity contribution in [2.75, 3.05) is 12.4 Å². The molecular formula is C17H18BrN3O3S. The highest BCUT2D eigenvalue weighted by Gasteiger charge is 2.18. The Morgan fingerprint density at radius 3 is 2.68 bits per heavy atom. The van der Waals surface area contributed by atoms with E-state index in [4.69, 9.17) is 0 Å². The number of benzene rings is 1. The summed E-state index contributed by atoms with van der Waals surface area (Å²) in [4.78, 5) is 17.1. The van der Waals surface area contributed by atoms with Crippen LogP contribution < -0.4 is 10.0 Å². The SMILES string of the molecule is CNS(=O)(=O)c1ccc(Br)c(C(=O)Nc2ccc3c(n2)CCCC3)c1. The standard InChI is InChI=1S/C17H18BrN3O3S/c1-19-25(23,24)12-7-8-14(18)13(10-12)17(22)21-16-9-6-11-4-2-3-5-15(11)20-16/h6-10,19H,2-5H2,1H3,(H,20,21,22). The molecule has 0 spiro atoms. The van der Waals surface area contributed by atoms with Crippen LogP contribution in [0.15, 0.2) is 39.7 Å². The van der Waals surface area contributed by atoms with Crippen LogP contribution in [0.3, 0.4) is 0 Å². The number of aromatic nitrogens is 1. The summed E-state index contributed by atoms with van der Waals surface area (Å²) in [7, 11) is -2.29.